The van der Waals surface area contributed by atoms with Crippen molar-refractivity contribution in [1.82, 2.24) is 0 Å². The average molecular weight is 465 g/mol. The first kappa shape index (κ1) is 21.0. The Morgan fingerprint density at radius 1 is 0.694 bits per heavy atom. The molecule has 0 saturated carbocycles. The smallest absolute Gasteiger partial charge is 0.184 e. The number of pyridine rings is 2. The van der Waals surface area contributed by atoms with Crippen molar-refractivity contribution in [1.29, 1.82) is 0 Å². The molecule has 0 amide bonds. The zero-order valence-electron chi connectivity index (χ0n) is 20.4. The van der Waals surface area contributed by atoms with Crippen LogP contribution in [0.15, 0.2) is 122 Å². The van der Waals surface area contributed by atoms with E-state index in [1.807, 2.05) is 0 Å². The van der Waals surface area contributed by atoms with E-state index < -0.39 is 0 Å². The van der Waals surface area contributed by atoms with E-state index in [9.17, 15) is 0 Å². The van der Waals surface area contributed by atoms with E-state index >= 15 is 0 Å². The topological polar surface area (TPSA) is 7.76 Å². The van der Waals surface area contributed by atoms with Gasteiger partial charge in [0.2, 0.25) is 23.1 Å². The summed E-state index contributed by atoms with van der Waals surface area (Å²) in [5, 5.41) is 0. The fourth-order valence-electron chi connectivity index (χ4n) is 6.31. The summed E-state index contributed by atoms with van der Waals surface area (Å²) in [5.41, 5.74) is 12.8. The highest BCUT2D eigenvalue weighted by atomic mass is 15.1. The van der Waals surface area contributed by atoms with Crippen LogP contribution in [0.25, 0.3) is 39.3 Å². The summed E-state index contributed by atoms with van der Waals surface area (Å²) in [6.07, 6.45) is 5.42. The van der Waals surface area contributed by atoms with Gasteiger partial charge in [0.15, 0.2) is 12.4 Å². The molecule has 2 unspecified atom stereocenters. The zero-order valence-corrected chi connectivity index (χ0v) is 20.4. The van der Waals surface area contributed by atoms with Crippen molar-refractivity contribution < 1.29 is 9.13 Å². The second-order valence-corrected chi connectivity index (χ2v) is 9.97. The highest BCUT2D eigenvalue weighted by Gasteiger charge is 2.47. The Morgan fingerprint density at radius 2 is 1.42 bits per heavy atom. The second kappa shape index (κ2) is 8.13. The van der Waals surface area contributed by atoms with Gasteiger partial charge in [0.1, 0.15) is 0 Å². The van der Waals surface area contributed by atoms with Crippen LogP contribution in [0.4, 0.5) is 0 Å². The first-order valence-corrected chi connectivity index (χ1v) is 12.7. The van der Waals surface area contributed by atoms with Crippen LogP contribution < -0.4 is 9.13 Å². The summed E-state index contributed by atoms with van der Waals surface area (Å²) in [6.45, 7) is 6.93. The number of fused-ring (bicyclic) bond motifs is 9. The Hall–Kier alpha value is -4.30. The van der Waals surface area contributed by atoms with Crippen molar-refractivity contribution in [2.24, 2.45) is 0 Å². The van der Waals surface area contributed by atoms with Crippen molar-refractivity contribution in [2.45, 2.75) is 25.3 Å². The third-order valence-corrected chi connectivity index (χ3v) is 8.00. The molecule has 7 rings (SSSR count). The molecule has 0 radical (unpaired) electrons. The van der Waals surface area contributed by atoms with Crippen LogP contribution in [0.3, 0.4) is 0 Å². The third-order valence-electron chi connectivity index (χ3n) is 8.00. The van der Waals surface area contributed by atoms with Crippen LogP contribution in [0.2, 0.25) is 0 Å². The lowest BCUT2D eigenvalue weighted by Crippen LogP contribution is -2.54. The van der Waals surface area contributed by atoms with Gasteiger partial charge in [-0.25, -0.2) is 0 Å². The monoisotopic (exact) mass is 464 g/mol. The first-order chi connectivity index (χ1) is 17.7. The Balaban J connectivity index is 1.50. The van der Waals surface area contributed by atoms with E-state index in [1.54, 1.807) is 0 Å². The van der Waals surface area contributed by atoms with Crippen LogP contribution in [0.1, 0.15) is 28.7 Å². The van der Waals surface area contributed by atoms with Crippen molar-refractivity contribution >= 4 is 5.70 Å². The quantitative estimate of drug-likeness (QED) is 0.238. The van der Waals surface area contributed by atoms with Crippen molar-refractivity contribution in [3.63, 3.8) is 0 Å². The molecular weight excluding hydrogens is 436 g/mol. The zero-order chi connectivity index (χ0) is 24.2. The lowest BCUT2D eigenvalue weighted by Gasteiger charge is -2.31. The van der Waals surface area contributed by atoms with E-state index in [0.717, 1.165) is 12.1 Å². The molecule has 0 N–H and O–H groups in total. The molecule has 2 aliphatic heterocycles. The van der Waals surface area contributed by atoms with Gasteiger partial charge in [-0.05, 0) is 65.9 Å². The van der Waals surface area contributed by atoms with Crippen molar-refractivity contribution in [3.8, 4) is 33.6 Å². The molecular formula is C34H28N2+2. The maximum atomic E-state index is 4.75. The predicted molar refractivity (Wildman–Crippen MR) is 145 cm³/mol. The molecule has 0 spiro atoms. The molecule has 4 heterocycles. The van der Waals surface area contributed by atoms with E-state index in [-0.39, 0.29) is 6.04 Å². The van der Waals surface area contributed by atoms with Gasteiger partial charge in [-0.3, -0.25) is 0 Å². The molecule has 36 heavy (non-hydrogen) atoms. The van der Waals surface area contributed by atoms with Gasteiger partial charge in [-0.2, -0.15) is 9.13 Å². The van der Waals surface area contributed by atoms with Crippen LogP contribution >= 0.6 is 0 Å². The summed E-state index contributed by atoms with van der Waals surface area (Å²) in [5.74, 6) is 0.298. The van der Waals surface area contributed by atoms with Gasteiger partial charge in [0.25, 0.3) is 0 Å². The molecule has 3 aromatic carbocycles. The molecule has 2 aromatic heterocycles. The van der Waals surface area contributed by atoms with E-state index in [4.69, 9.17) is 6.58 Å². The number of aromatic nitrogens is 2. The molecule has 2 aliphatic rings. The van der Waals surface area contributed by atoms with Gasteiger partial charge in [0, 0.05) is 35.4 Å². The summed E-state index contributed by atoms with van der Waals surface area (Å²) in [6, 6.07) is 37.7. The highest BCUT2D eigenvalue weighted by Crippen LogP contribution is 2.45. The van der Waals surface area contributed by atoms with Crippen molar-refractivity contribution in [3.05, 3.63) is 139 Å². The molecule has 5 aromatic rings. The number of nitrogens with zero attached hydrogens (tertiary/aromatic N) is 2. The number of benzene rings is 3. The molecule has 2 atom stereocenters. The van der Waals surface area contributed by atoms with E-state index in [0.29, 0.717) is 5.92 Å². The summed E-state index contributed by atoms with van der Waals surface area (Å²) in [4.78, 5) is 0. The lowest BCUT2D eigenvalue weighted by molar-refractivity contribution is -0.727. The third kappa shape index (κ3) is 3.11. The standard InChI is InChI=1S/C34H28N2/c1-23-11-3-5-13-27(23)26-18-20-35-24(2)34-31(21-25-12-4-6-14-28(25)33(35)22-26)29-15-7-8-16-30(29)32-17-9-10-19-36(32)34/h3-20,22,31,34H,2,21H2,1H3/q+2. The number of allylic oxidation sites excluding steroid dienone is 1. The summed E-state index contributed by atoms with van der Waals surface area (Å²) < 4.78 is 4.77. The number of aryl methyl sites for hydroxylation is 1. The fourth-order valence-corrected chi connectivity index (χ4v) is 6.31. The van der Waals surface area contributed by atoms with Gasteiger partial charge >= 0.3 is 0 Å². The average Bonchev–Trinajstić information content (AvgIpc) is 2.92. The molecule has 2 heteroatoms. The molecule has 0 bridgehead atoms. The Bertz CT molecular complexity index is 1660. The van der Waals surface area contributed by atoms with Gasteiger partial charge in [-0.1, -0.05) is 60.7 Å². The maximum Gasteiger partial charge on any atom is 0.249 e. The Morgan fingerprint density at radius 3 is 2.28 bits per heavy atom. The van der Waals surface area contributed by atoms with Crippen LogP contribution in [-0.4, -0.2) is 0 Å². The molecule has 0 fully saturated rings. The minimum absolute atomic E-state index is 0.123. The Labute approximate surface area is 212 Å². The second-order valence-electron chi connectivity index (χ2n) is 9.97. The largest absolute Gasteiger partial charge is 0.249 e. The molecule has 0 saturated heterocycles. The molecule has 172 valence electrons. The van der Waals surface area contributed by atoms with Crippen LogP contribution in [-0.2, 0) is 6.42 Å². The summed E-state index contributed by atoms with van der Waals surface area (Å²) in [7, 11) is 0. The number of hydrogen-bond acceptors (Lipinski definition) is 0. The van der Waals surface area contributed by atoms with Gasteiger partial charge in [-0.15, -0.1) is 0 Å². The van der Waals surface area contributed by atoms with E-state index in [1.165, 1.54) is 50.3 Å². The number of hydrogen-bond donors (Lipinski definition) is 0. The normalized spacial score (nSPS) is 17.5. The SMILES string of the molecule is C=C1C2C(Cc3ccccc3-c3cc(-c4ccccc4C)cc[n+]31)c1ccccc1-c1cccc[n+]12. The van der Waals surface area contributed by atoms with Crippen LogP contribution in [0, 0.1) is 6.92 Å². The first-order valence-electron chi connectivity index (χ1n) is 12.7. The summed E-state index contributed by atoms with van der Waals surface area (Å²) >= 11 is 0. The van der Waals surface area contributed by atoms with Crippen LogP contribution in [0.5, 0.6) is 0 Å². The maximum absolute atomic E-state index is 4.75. The van der Waals surface area contributed by atoms with E-state index in [2.05, 4.69) is 132 Å². The lowest BCUT2D eigenvalue weighted by atomic mass is 9.76. The molecule has 2 nitrogen and oxygen atoms in total. The minimum atomic E-state index is 0.123. The number of rotatable bonds is 1. The Kier molecular flexibility index (Phi) is 4.75. The predicted octanol–water partition coefficient (Wildman–Crippen LogP) is 6.94. The van der Waals surface area contributed by atoms with Gasteiger partial charge < -0.3 is 0 Å². The minimum Gasteiger partial charge on any atom is -0.184 e. The van der Waals surface area contributed by atoms with Crippen molar-refractivity contribution in [2.75, 3.05) is 0 Å². The fraction of sp³-hybridized carbons (Fsp3) is 0.118. The molecule has 0 aliphatic carbocycles. The highest BCUT2D eigenvalue weighted by molar-refractivity contribution is 5.74. The van der Waals surface area contributed by atoms with Gasteiger partial charge in [0.05, 0.1) is 5.92 Å².